The molecule has 0 saturated carbocycles. The van der Waals surface area contributed by atoms with Gasteiger partial charge in [0.15, 0.2) is 0 Å². The number of nitrogens with zero attached hydrogens (tertiary/aromatic N) is 3. The molecule has 1 aliphatic heterocycles. The van der Waals surface area contributed by atoms with Gasteiger partial charge in [-0.3, -0.25) is 9.59 Å². The van der Waals surface area contributed by atoms with Crippen LogP contribution >= 0.6 is 11.6 Å². The molecule has 0 N–H and O–H groups in total. The second-order valence-electron chi connectivity index (χ2n) is 2.60. The van der Waals surface area contributed by atoms with Crippen LogP contribution in [0, 0.1) is 0 Å². The maximum absolute atomic E-state index is 11.3. The predicted octanol–water partition coefficient (Wildman–Crippen LogP) is 0.824. The molecule has 1 aliphatic rings. The highest BCUT2D eigenvalue weighted by molar-refractivity contribution is 6.64. The van der Waals surface area contributed by atoms with E-state index in [1.165, 1.54) is 18.4 Å². The van der Waals surface area contributed by atoms with Crippen molar-refractivity contribution in [3.63, 3.8) is 0 Å². The van der Waals surface area contributed by atoms with Crippen molar-refractivity contribution in [3.8, 4) is 0 Å². The average molecular weight is 230 g/mol. The first-order chi connectivity index (χ1) is 7.16. The monoisotopic (exact) mass is 229 g/mol. The molecule has 0 aromatic rings. The maximum Gasteiger partial charge on any atom is 0.348 e. The number of carbonyl (C=O) groups is 3. The number of imide groups is 1. The molecule has 0 aliphatic carbocycles. The normalized spacial score (nSPS) is 17.0. The Bertz CT molecular complexity index is 340. The Morgan fingerprint density at radius 2 is 2.13 bits per heavy atom. The SMILES string of the molecule is O=C/C=C/C=NN1CCN(C(=O)Cl)C1=O. The zero-order chi connectivity index (χ0) is 11.3. The third-order valence-electron chi connectivity index (χ3n) is 1.68. The molecule has 0 unspecified atom stereocenters. The van der Waals surface area contributed by atoms with Crippen molar-refractivity contribution in [1.82, 2.24) is 9.91 Å². The number of urea groups is 1. The summed E-state index contributed by atoms with van der Waals surface area (Å²) in [5.41, 5.74) is 0. The molecule has 15 heavy (non-hydrogen) atoms. The Balaban J connectivity index is 2.56. The molecule has 80 valence electrons. The third-order valence-corrected chi connectivity index (χ3v) is 1.89. The quantitative estimate of drug-likeness (QED) is 0.237. The van der Waals surface area contributed by atoms with E-state index in [1.807, 2.05) is 0 Å². The molecule has 0 atom stereocenters. The van der Waals surface area contributed by atoms with Crippen LogP contribution in [0.15, 0.2) is 17.3 Å². The van der Waals surface area contributed by atoms with Crippen molar-refractivity contribution in [3.05, 3.63) is 12.2 Å². The van der Waals surface area contributed by atoms with Gasteiger partial charge >= 0.3 is 11.4 Å². The summed E-state index contributed by atoms with van der Waals surface area (Å²) in [6.07, 6.45) is 4.49. The van der Waals surface area contributed by atoms with Gasteiger partial charge in [0.1, 0.15) is 6.29 Å². The van der Waals surface area contributed by atoms with Crippen molar-refractivity contribution in [2.24, 2.45) is 5.10 Å². The first-order valence-corrected chi connectivity index (χ1v) is 4.47. The molecule has 0 aromatic carbocycles. The summed E-state index contributed by atoms with van der Waals surface area (Å²) in [7, 11) is 0. The van der Waals surface area contributed by atoms with Crippen molar-refractivity contribution in [2.45, 2.75) is 0 Å². The van der Waals surface area contributed by atoms with E-state index in [2.05, 4.69) is 5.10 Å². The number of hydrogen-bond donors (Lipinski definition) is 0. The van der Waals surface area contributed by atoms with Gasteiger partial charge < -0.3 is 0 Å². The van der Waals surface area contributed by atoms with Crippen LogP contribution in [0.25, 0.3) is 0 Å². The fraction of sp³-hybridized carbons (Fsp3) is 0.250. The first kappa shape index (κ1) is 11.4. The third kappa shape index (κ3) is 2.88. The molecule has 7 heteroatoms. The fourth-order valence-electron chi connectivity index (χ4n) is 1.01. The van der Waals surface area contributed by atoms with Crippen LogP contribution in [-0.2, 0) is 4.79 Å². The maximum atomic E-state index is 11.3. The lowest BCUT2D eigenvalue weighted by Crippen LogP contribution is -2.30. The molecule has 1 fully saturated rings. The molecule has 0 spiro atoms. The number of allylic oxidation sites excluding steroid dienone is 2. The van der Waals surface area contributed by atoms with Crippen LogP contribution in [0.5, 0.6) is 0 Å². The summed E-state index contributed by atoms with van der Waals surface area (Å²) in [5, 5.41) is 4.01. The highest BCUT2D eigenvalue weighted by atomic mass is 35.5. The molecule has 0 radical (unpaired) electrons. The lowest BCUT2D eigenvalue weighted by molar-refractivity contribution is -0.104. The Morgan fingerprint density at radius 3 is 2.67 bits per heavy atom. The smallest absolute Gasteiger partial charge is 0.299 e. The zero-order valence-corrected chi connectivity index (χ0v) is 8.42. The number of aldehydes is 1. The van der Waals surface area contributed by atoms with E-state index in [0.717, 1.165) is 9.91 Å². The Morgan fingerprint density at radius 1 is 1.40 bits per heavy atom. The molecule has 1 rings (SSSR count). The molecule has 1 saturated heterocycles. The van der Waals surface area contributed by atoms with Gasteiger partial charge in [-0.25, -0.2) is 14.7 Å². The van der Waals surface area contributed by atoms with Crippen LogP contribution in [0.3, 0.4) is 0 Å². The Labute approximate surface area is 90.8 Å². The van der Waals surface area contributed by atoms with E-state index in [1.54, 1.807) is 0 Å². The van der Waals surface area contributed by atoms with Gasteiger partial charge in [-0.05, 0) is 23.8 Å². The Hall–Kier alpha value is -1.69. The summed E-state index contributed by atoms with van der Waals surface area (Å²) in [6.45, 7) is 0.513. The zero-order valence-electron chi connectivity index (χ0n) is 7.67. The van der Waals surface area contributed by atoms with Crippen LogP contribution in [0.2, 0.25) is 0 Å². The van der Waals surface area contributed by atoms with Crippen LogP contribution in [0.4, 0.5) is 9.59 Å². The largest absolute Gasteiger partial charge is 0.348 e. The number of carbonyl (C=O) groups excluding carboxylic acids is 3. The Kier molecular flexibility index (Phi) is 3.99. The molecular formula is C8H8ClN3O3. The summed E-state index contributed by atoms with van der Waals surface area (Å²) in [4.78, 5) is 32.8. The van der Waals surface area contributed by atoms with E-state index in [-0.39, 0.29) is 6.54 Å². The van der Waals surface area contributed by atoms with Crippen LogP contribution in [0.1, 0.15) is 0 Å². The number of halogens is 1. The number of rotatable bonds is 3. The molecular weight excluding hydrogens is 222 g/mol. The van der Waals surface area contributed by atoms with E-state index in [9.17, 15) is 14.4 Å². The van der Waals surface area contributed by atoms with E-state index < -0.39 is 11.4 Å². The standard InChI is InChI=1S/C8H8ClN3O3/c9-7(14)11-4-5-12(8(11)15)10-3-1-2-6-13/h1-3,6H,4-5H2/b2-1+,10-3?. The van der Waals surface area contributed by atoms with Crippen molar-refractivity contribution >= 4 is 35.5 Å². The summed E-state index contributed by atoms with van der Waals surface area (Å²) in [6, 6.07) is -0.564. The lowest BCUT2D eigenvalue weighted by Gasteiger charge is -2.09. The minimum Gasteiger partial charge on any atom is -0.299 e. The van der Waals surface area contributed by atoms with Gasteiger partial charge in [0.25, 0.3) is 0 Å². The molecule has 0 bridgehead atoms. The van der Waals surface area contributed by atoms with Crippen molar-refractivity contribution in [2.75, 3.05) is 13.1 Å². The number of hydrazone groups is 1. The highest BCUT2D eigenvalue weighted by Crippen LogP contribution is 2.10. The average Bonchev–Trinajstić information content (AvgIpc) is 2.55. The second-order valence-corrected chi connectivity index (χ2v) is 2.92. The molecule has 1 heterocycles. The highest BCUT2D eigenvalue weighted by Gasteiger charge is 2.31. The van der Waals surface area contributed by atoms with E-state index >= 15 is 0 Å². The predicted molar refractivity (Wildman–Crippen MR) is 53.8 cm³/mol. The summed E-state index contributed by atoms with van der Waals surface area (Å²) in [5.74, 6) is 0. The summed E-state index contributed by atoms with van der Waals surface area (Å²) >= 11 is 5.16. The van der Waals surface area contributed by atoms with Crippen LogP contribution in [-0.4, -0.2) is 46.9 Å². The van der Waals surface area contributed by atoms with Gasteiger partial charge in [0, 0.05) is 6.21 Å². The molecule has 6 nitrogen and oxygen atoms in total. The minimum absolute atomic E-state index is 0.218. The molecule has 0 aromatic heterocycles. The van der Waals surface area contributed by atoms with Gasteiger partial charge in [0.2, 0.25) is 0 Å². The fourth-order valence-corrected chi connectivity index (χ4v) is 1.17. The van der Waals surface area contributed by atoms with Crippen molar-refractivity contribution < 1.29 is 14.4 Å². The van der Waals surface area contributed by atoms with Gasteiger partial charge in [0.05, 0.1) is 13.1 Å². The van der Waals surface area contributed by atoms with Crippen molar-refractivity contribution in [1.29, 1.82) is 0 Å². The van der Waals surface area contributed by atoms with Gasteiger partial charge in [-0.1, -0.05) is 0 Å². The van der Waals surface area contributed by atoms with Gasteiger partial charge in [-0.2, -0.15) is 5.10 Å². The van der Waals surface area contributed by atoms with Crippen LogP contribution < -0.4 is 0 Å². The first-order valence-electron chi connectivity index (χ1n) is 4.09. The van der Waals surface area contributed by atoms with E-state index in [4.69, 9.17) is 11.6 Å². The topological polar surface area (TPSA) is 70.1 Å². The molecule has 3 amide bonds. The summed E-state index contributed by atoms with van der Waals surface area (Å²) < 4.78 is 0. The lowest BCUT2D eigenvalue weighted by atomic mass is 10.5. The van der Waals surface area contributed by atoms with Gasteiger partial charge in [-0.15, -0.1) is 0 Å². The second kappa shape index (κ2) is 5.26. The van der Waals surface area contributed by atoms with E-state index in [0.29, 0.717) is 12.8 Å². The minimum atomic E-state index is -0.818. The number of hydrogen-bond acceptors (Lipinski definition) is 4. The number of amides is 3.